The number of fused-ring (bicyclic) bond motifs is 2. The zero-order valence-corrected chi connectivity index (χ0v) is 44.7. The molecule has 25 heteroatoms. The summed E-state index contributed by atoms with van der Waals surface area (Å²) >= 11 is 6.23. The number of nitrogens with one attached hydrogen (secondary N) is 3. The predicted octanol–water partition coefficient (Wildman–Crippen LogP) is 6.02. The Morgan fingerprint density at radius 1 is 0.649 bits per heavy atom. The van der Waals surface area contributed by atoms with Gasteiger partial charge < -0.3 is 50.4 Å². The molecule has 0 saturated heterocycles. The molecular weight excluding hydrogens is 1010 g/mol. The van der Waals surface area contributed by atoms with E-state index in [2.05, 4.69) is 46.3 Å². The Kier molecular flexibility index (Phi) is 17.1. The Bertz CT molecular complexity index is 3360. The van der Waals surface area contributed by atoms with Crippen LogP contribution in [-0.2, 0) is 36.7 Å². The standard InChI is InChI=1S/C26H30N8O4.C19H20ClN5O2.C7H11N3O2/c1-5-38-26(36)19-12-23(33(3)30-19)29-22-13-20(32(2)15-16-6-10-18(37-4)11-7-16)24-27-14-21(34(24)31-22)25(35)28-17-8-9-17;1-24(11-12-3-7-14(27-2)8-4-12)15-9-17(20)23-25-16(10-21-18(15)25)19(26)22-13-5-6-13;1-3-12-7(11)5-4-6(8)10(2)9-5/h6-7,10-14,17H,5,8-9,15H2,1-4H3,(H,28,35)(H,29,31);3-4,7-10,13H,5-6,11H2,1-2H3,(H,22,26);4H,3,8H2,1-2H3. The summed E-state index contributed by atoms with van der Waals surface area (Å²) in [4.78, 5) is 61.6. The molecule has 0 atom stereocenters. The van der Waals surface area contributed by atoms with Crippen molar-refractivity contribution in [2.45, 2.75) is 64.7 Å². The zero-order valence-electron chi connectivity index (χ0n) is 44.0. The highest BCUT2D eigenvalue weighted by Gasteiger charge is 2.28. The van der Waals surface area contributed by atoms with Crippen LogP contribution in [0.1, 0.15) is 92.6 Å². The predicted molar refractivity (Wildman–Crippen MR) is 288 cm³/mol. The summed E-state index contributed by atoms with van der Waals surface area (Å²) in [5.74, 6) is 1.68. The van der Waals surface area contributed by atoms with Crippen LogP contribution >= 0.6 is 11.6 Å². The van der Waals surface area contributed by atoms with Crippen molar-refractivity contribution in [3.63, 3.8) is 0 Å². The van der Waals surface area contributed by atoms with Crippen LogP contribution in [0.4, 0.5) is 28.8 Å². The second-order valence-electron chi connectivity index (χ2n) is 18.1. The molecule has 77 heavy (non-hydrogen) atoms. The molecule has 10 rings (SSSR count). The van der Waals surface area contributed by atoms with Crippen molar-refractivity contribution < 1.29 is 38.1 Å². The minimum Gasteiger partial charge on any atom is -0.497 e. The molecule has 2 aromatic carbocycles. The van der Waals surface area contributed by atoms with Gasteiger partial charge >= 0.3 is 11.9 Å². The van der Waals surface area contributed by atoms with Crippen molar-refractivity contribution in [3.8, 4) is 11.5 Å². The number of aromatic nitrogens is 10. The second-order valence-corrected chi connectivity index (χ2v) is 18.5. The fraction of sp³-hybridized carbons (Fsp3) is 0.346. The normalized spacial score (nSPS) is 12.6. The fourth-order valence-electron chi connectivity index (χ4n) is 7.77. The molecule has 0 radical (unpaired) electrons. The zero-order chi connectivity index (χ0) is 54.9. The van der Waals surface area contributed by atoms with E-state index in [0.29, 0.717) is 65.0 Å². The van der Waals surface area contributed by atoms with Crippen LogP contribution in [0.15, 0.2) is 85.2 Å². The lowest BCUT2D eigenvalue weighted by Gasteiger charge is -2.21. The Morgan fingerprint density at radius 3 is 1.55 bits per heavy atom. The van der Waals surface area contributed by atoms with Gasteiger partial charge in [0.2, 0.25) is 0 Å². The van der Waals surface area contributed by atoms with Crippen LogP contribution in [0.5, 0.6) is 11.5 Å². The van der Waals surface area contributed by atoms with Gasteiger partial charge in [0.15, 0.2) is 45.0 Å². The van der Waals surface area contributed by atoms with E-state index < -0.39 is 11.9 Å². The Labute approximate surface area is 448 Å². The molecule has 2 amide bonds. The van der Waals surface area contributed by atoms with E-state index in [1.807, 2.05) is 78.5 Å². The molecule has 8 aromatic rings. The first-order valence-electron chi connectivity index (χ1n) is 24.7. The van der Waals surface area contributed by atoms with Crippen molar-refractivity contribution >= 4 is 75.5 Å². The highest BCUT2D eigenvalue weighted by molar-refractivity contribution is 6.29. The van der Waals surface area contributed by atoms with Gasteiger partial charge in [0, 0.05) is 77.6 Å². The number of benzene rings is 2. The third-order valence-corrected chi connectivity index (χ3v) is 12.3. The number of methoxy groups -OCH3 is 2. The average molecular weight is 1070 g/mol. The first-order chi connectivity index (χ1) is 37.0. The van der Waals surface area contributed by atoms with E-state index in [1.165, 1.54) is 26.1 Å². The molecule has 0 unspecified atom stereocenters. The van der Waals surface area contributed by atoms with Gasteiger partial charge in [-0.2, -0.15) is 15.3 Å². The number of nitrogen functional groups attached to an aromatic ring is 1. The van der Waals surface area contributed by atoms with Gasteiger partial charge in [-0.1, -0.05) is 35.9 Å². The SMILES string of the molecule is CCOC(=O)c1cc(N)n(C)n1.CCOC(=O)c1cc(Nc2cc(N(C)Cc3ccc(OC)cc3)c3ncc(C(=O)NC4CC4)n3n2)n(C)n1.COc1ccc(CN(C)c2cc(Cl)nn3c(C(=O)NC4CC4)cnc23)cc1. The number of hydrogen-bond donors (Lipinski definition) is 4. The largest absolute Gasteiger partial charge is 0.497 e. The number of nitrogens with two attached hydrogens (primary N) is 1. The van der Waals surface area contributed by atoms with E-state index in [-0.39, 0.29) is 41.9 Å². The van der Waals surface area contributed by atoms with Crippen LogP contribution in [0, 0.1) is 0 Å². The maximum Gasteiger partial charge on any atom is 0.358 e. The molecule has 2 saturated carbocycles. The van der Waals surface area contributed by atoms with Crippen molar-refractivity contribution in [2.24, 2.45) is 14.1 Å². The second kappa shape index (κ2) is 24.2. The lowest BCUT2D eigenvalue weighted by molar-refractivity contribution is 0.0509. The van der Waals surface area contributed by atoms with Gasteiger partial charge in [-0.15, -0.1) is 5.10 Å². The van der Waals surface area contributed by atoms with E-state index in [0.717, 1.165) is 59.7 Å². The Hall–Kier alpha value is -8.93. The van der Waals surface area contributed by atoms with Crippen molar-refractivity contribution in [2.75, 3.05) is 62.4 Å². The minimum atomic E-state index is -0.506. The van der Waals surface area contributed by atoms with Crippen LogP contribution in [-0.4, -0.2) is 126 Å². The number of aryl methyl sites for hydroxylation is 2. The number of amides is 2. The van der Waals surface area contributed by atoms with E-state index in [4.69, 9.17) is 36.3 Å². The van der Waals surface area contributed by atoms with Gasteiger partial charge in [0.1, 0.15) is 23.1 Å². The first kappa shape index (κ1) is 54.3. The lowest BCUT2D eigenvalue weighted by atomic mass is 10.2. The summed E-state index contributed by atoms with van der Waals surface area (Å²) in [6, 6.07) is 22.8. The molecule has 404 valence electrons. The number of esters is 2. The minimum absolute atomic E-state index is 0.177. The third-order valence-electron chi connectivity index (χ3n) is 12.2. The van der Waals surface area contributed by atoms with E-state index >= 15 is 0 Å². The average Bonchev–Trinajstić information content (AvgIpc) is 4.26. The van der Waals surface area contributed by atoms with Gasteiger partial charge in [-0.3, -0.25) is 19.0 Å². The number of ether oxygens (including phenoxy) is 4. The quantitative estimate of drug-likeness (QED) is 0.0716. The molecule has 0 spiro atoms. The monoisotopic (exact) mass is 1070 g/mol. The highest BCUT2D eigenvalue weighted by Crippen LogP contribution is 2.29. The van der Waals surface area contributed by atoms with Crippen molar-refractivity contribution in [1.82, 2.24) is 59.4 Å². The maximum absolute atomic E-state index is 12.9. The van der Waals surface area contributed by atoms with Gasteiger partial charge in [0.25, 0.3) is 11.8 Å². The lowest BCUT2D eigenvalue weighted by Crippen LogP contribution is -2.27. The summed E-state index contributed by atoms with van der Waals surface area (Å²) in [5, 5.41) is 26.5. The highest BCUT2D eigenvalue weighted by atomic mass is 35.5. The number of hydrogen-bond acceptors (Lipinski definition) is 18. The molecular formula is C52H61ClN16O8. The molecule has 6 aromatic heterocycles. The van der Waals surface area contributed by atoms with Gasteiger partial charge in [-0.05, 0) is 74.9 Å². The molecule has 0 bridgehead atoms. The fourth-order valence-corrected chi connectivity index (χ4v) is 7.95. The number of anilines is 5. The molecule has 6 heterocycles. The van der Waals surface area contributed by atoms with Crippen LogP contribution in [0.3, 0.4) is 0 Å². The van der Waals surface area contributed by atoms with Crippen LogP contribution in [0.25, 0.3) is 11.3 Å². The summed E-state index contributed by atoms with van der Waals surface area (Å²) in [5.41, 5.74) is 11.5. The number of nitrogens with zero attached hydrogens (tertiary/aromatic N) is 12. The summed E-state index contributed by atoms with van der Waals surface area (Å²) < 4.78 is 26.3. The number of halogens is 1. The van der Waals surface area contributed by atoms with Gasteiger partial charge in [-0.25, -0.2) is 28.6 Å². The number of carbonyl (C=O) groups excluding carboxylic acids is 4. The first-order valence-corrected chi connectivity index (χ1v) is 25.1. The number of rotatable bonds is 18. The summed E-state index contributed by atoms with van der Waals surface area (Å²) in [6.45, 7) is 5.31. The summed E-state index contributed by atoms with van der Waals surface area (Å²) in [6.07, 6.45) is 7.07. The Balaban J connectivity index is 0.000000174. The molecule has 0 aliphatic heterocycles. The number of imidazole rings is 2. The molecule has 2 aliphatic rings. The van der Waals surface area contributed by atoms with Gasteiger partial charge in [0.05, 0.1) is 51.2 Å². The van der Waals surface area contributed by atoms with Crippen LogP contribution in [0.2, 0.25) is 5.15 Å². The van der Waals surface area contributed by atoms with Crippen LogP contribution < -0.4 is 41.0 Å². The maximum atomic E-state index is 12.9. The number of carbonyl (C=O) groups is 4. The van der Waals surface area contributed by atoms with E-state index in [1.54, 1.807) is 65.0 Å². The molecule has 2 aliphatic carbocycles. The smallest absolute Gasteiger partial charge is 0.358 e. The third kappa shape index (κ3) is 13.5. The van der Waals surface area contributed by atoms with Crippen molar-refractivity contribution in [3.05, 3.63) is 124 Å². The Morgan fingerprint density at radius 2 is 1.10 bits per heavy atom. The molecule has 24 nitrogen and oxygen atoms in total. The topological polar surface area (TPSA) is 270 Å². The molecule has 2 fully saturated rings. The van der Waals surface area contributed by atoms with Crippen molar-refractivity contribution in [1.29, 1.82) is 0 Å². The summed E-state index contributed by atoms with van der Waals surface area (Å²) in [7, 11) is 10.6. The van der Waals surface area contributed by atoms with E-state index in [9.17, 15) is 19.2 Å². The molecule has 5 N–H and O–H groups in total.